The lowest BCUT2D eigenvalue weighted by atomic mass is 10.2. The molecule has 2 heterocycles. The van der Waals surface area contributed by atoms with Gasteiger partial charge in [-0.15, -0.1) is 0 Å². The second-order valence-corrected chi connectivity index (χ2v) is 7.67. The summed E-state index contributed by atoms with van der Waals surface area (Å²) in [6.07, 6.45) is 0.647. The van der Waals surface area contributed by atoms with Crippen molar-refractivity contribution in [3.8, 4) is 0 Å². The smallest absolute Gasteiger partial charge is 0.272 e. The molecule has 0 atom stereocenters. The number of hydrogen-bond donors (Lipinski definition) is 1. The quantitative estimate of drug-likeness (QED) is 0.649. The maximum atomic E-state index is 13.1. The Morgan fingerprint density at radius 3 is 2.44 bits per heavy atom. The molecule has 0 saturated heterocycles. The molecule has 8 nitrogen and oxygen atoms in total. The SMILES string of the molecule is CN(C(=O)CN1CCCn2nc(C(=O)NCc3ccccc3)cc2C1=O)c1ccccc1. The summed E-state index contributed by atoms with van der Waals surface area (Å²) in [5.74, 6) is -0.820. The van der Waals surface area contributed by atoms with Gasteiger partial charge in [-0.2, -0.15) is 5.10 Å². The van der Waals surface area contributed by atoms with Crippen molar-refractivity contribution in [1.29, 1.82) is 0 Å². The molecular formula is C24H25N5O3. The number of fused-ring (bicyclic) bond motifs is 1. The topological polar surface area (TPSA) is 87.5 Å². The number of aromatic nitrogens is 2. The second kappa shape index (κ2) is 9.47. The third kappa shape index (κ3) is 4.69. The van der Waals surface area contributed by atoms with Crippen LogP contribution in [-0.2, 0) is 17.9 Å². The van der Waals surface area contributed by atoms with E-state index in [4.69, 9.17) is 0 Å². The van der Waals surface area contributed by atoms with Gasteiger partial charge < -0.3 is 15.1 Å². The number of nitrogens with one attached hydrogen (secondary N) is 1. The molecular weight excluding hydrogens is 406 g/mol. The summed E-state index contributed by atoms with van der Waals surface area (Å²) >= 11 is 0. The molecule has 0 bridgehead atoms. The van der Waals surface area contributed by atoms with E-state index >= 15 is 0 Å². The molecule has 4 rings (SSSR count). The summed E-state index contributed by atoms with van der Waals surface area (Å²) < 4.78 is 1.56. The van der Waals surface area contributed by atoms with E-state index in [0.717, 1.165) is 11.3 Å². The zero-order valence-electron chi connectivity index (χ0n) is 17.9. The van der Waals surface area contributed by atoms with Crippen LogP contribution in [0.1, 0.15) is 33.0 Å². The van der Waals surface area contributed by atoms with Crippen molar-refractivity contribution in [2.45, 2.75) is 19.5 Å². The molecule has 0 unspecified atom stereocenters. The van der Waals surface area contributed by atoms with Crippen molar-refractivity contribution in [3.63, 3.8) is 0 Å². The fraction of sp³-hybridized carbons (Fsp3) is 0.250. The van der Waals surface area contributed by atoms with Gasteiger partial charge in [0.05, 0.1) is 0 Å². The van der Waals surface area contributed by atoms with E-state index in [9.17, 15) is 14.4 Å². The number of carbonyl (C=O) groups excluding carboxylic acids is 3. The van der Waals surface area contributed by atoms with Crippen LogP contribution in [0.2, 0.25) is 0 Å². The first kappa shape index (κ1) is 21.3. The lowest BCUT2D eigenvalue weighted by Crippen LogP contribution is -2.41. The second-order valence-electron chi connectivity index (χ2n) is 7.67. The Balaban J connectivity index is 1.43. The van der Waals surface area contributed by atoms with E-state index in [2.05, 4.69) is 10.4 Å². The number of anilines is 1. The van der Waals surface area contributed by atoms with E-state index in [1.165, 1.54) is 15.9 Å². The third-order valence-corrected chi connectivity index (χ3v) is 5.46. The van der Waals surface area contributed by atoms with Gasteiger partial charge in [0.2, 0.25) is 5.91 Å². The van der Waals surface area contributed by atoms with Gasteiger partial charge in [-0.1, -0.05) is 48.5 Å². The highest BCUT2D eigenvalue weighted by Crippen LogP contribution is 2.16. The number of amides is 3. The van der Waals surface area contributed by atoms with Crippen LogP contribution in [0, 0.1) is 0 Å². The minimum absolute atomic E-state index is 0.0368. The van der Waals surface area contributed by atoms with Crippen molar-refractivity contribution in [2.24, 2.45) is 0 Å². The number of aryl methyl sites for hydroxylation is 1. The molecule has 0 radical (unpaired) electrons. The monoisotopic (exact) mass is 431 g/mol. The highest BCUT2D eigenvalue weighted by molar-refractivity contribution is 6.01. The number of benzene rings is 2. The Labute approximate surface area is 186 Å². The first-order valence-electron chi connectivity index (χ1n) is 10.5. The molecule has 1 aliphatic rings. The predicted octanol–water partition coefficient (Wildman–Crippen LogP) is 2.32. The predicted molar refractivity (Wildman–Crippen MR) is 120 cm³/mol. The largest absolute Gasteiger partial charge is 0.347 e. The fourth-order valence-electron chi connectivity index (χ4n) is 3.63. The number of likely N-dealkylation sites (N-methyl/N-ethyl adjacent to an activating group) is 1. The van der Waals surface area contributed by atoms with Crippen LogP contribution in [0.15, 0.2) is 66.7 Å². The number of nitrogens with zero attached hydrogens (tertiary/aromatic N) is 4. The minimum Gasteiger partial charge on any atom is -0.347 e. The van der Waals surface area contributed by atoms with Crippen LogP contribution in [0.5, 0.6) is 0 Å². The van der Waals surface area contributed by atoms with Gasteiger partial charge in [0.25, 0.3) is 11.8 Å². The van der Waals surface area contributed by atoms with Crippen LogP contribution in [0.25, 0.3) is 0 Å². The average molecular weight is 431 g/mol. The number of rotatable bonds is 6. The summed E-state index contributed by atoms with van der Waals surface area (Å²) in [6, 6.07) is 20.4. The first-order chi connectivity index (χ1) is 15.5. The molecule has 0 aliphatic carbocycles. The maximum absolute atomic E-state index is 13.1. The Morgan fingerprint density at radius 1 is 1.03 bits per heavy atom. The Hall–Kier alpha value is -3.94. The molecule has 1 N–H and O–H groups in total. The van der Waals surface area contributed by atoms with Gasteiger partial charge >= 0.3 is 0 Å². The van der Waals surface area contributed by atoms with Crippen LogP contribution in [-0.4, -0.2) is 52.5 Å². The number of para-hydroxylation sites is 1. The van der Waals surface area contributed by atoms with Gasteiger partial charge in [0, 0.05) is 38.4 Å². The van der Waals surface area contributed by atoms with Gasteiger partial charge in [-0.3, -0.25) is 19.1 Å². The molecule has 1 aliphatic heterocycles. The van der Waals surface area contributed by atoms with E-state index < -0.39 is 0 Å². The van der Waals surface area contributed by atoms with Crippen LogP contribution in [0.4, 0.5) is 5.69 Å². The molecule has 3 amide bonds. The van der Waals surface area contributed by atoms with Crippen LogP contribution < -0.4 is 10.2 Å². The molecule has 0 saturated carbocycles. The zero-order chi connectivity index (χ0) is 22.5. The maximum Gasteiger partial charge on any atom is 0.272 e. The van der Waals surface area contributed by atoms with E-state index in [1.807, 2.05) is 60.7 Å². The molecule has 0 fully saturated rings. The standard InChI is InChI=1S/C24H25N5O3/c1-27(19-11-6-3-7-12-19)22(30)17-28-13-8-14-29-21(24(28)32)15-20(26-29)23(31)25-16-18-9-4-2-5-10-18/h2-7,9-12,15H,8,13-14,16-17H2,1H3,(H,25,31). The van der Waals surface area contributed by atoms with Crippen molar-refractivity contribution < 1.29 is 14.4 Å². The average Bonchev–Trinajstić information content (AvgIpc) is 3.20. The van der Waals surface area contributed by atoms with Gasteiger partial charge in [-0.05, 0) is 24.1 Å². The van der Waals surface area contributed by atoms with Gasteiger partial charge in [0.1, 0.15) is 12.2 Å². The molecule has 3 aromatic rings. The lowest BCUT2D eigenvalue weighted by Gasteiger charge is -2.23. The summed E-state index contributed by atoms with van der Waals surface area (Å²) in [7, 11) is 1.69. The highest BCUT2D eigenvalue weighted by Gasteiger charge is 2.28. The van der Waals surface area contributed by atoms with E-state index in [0.29, 0.717) is 31.7 Å². The molecule has 1 aromatic heterocycles. The summed E-state index contributed by atoms with van der Waals surface area (Å²) in [6.45, 7) is 1.30. The summed E-state index contributed by atoms with van der Waals surface area (Å²) in [5.41, 5.74) is 2.26. The lowest BCUT2D eigenvalue weighted by molar-refractivity contribution is -0.119. The summed E-state index contributed by atoms with van der Waals surface area (Å²) in [4.78, 5) is 41.5. The molecule has 0 spiro atoms. The van der Waals surface area contributed by atoms with Gasteiger partial charge in [0.15, 0.2) is 5.69 Å². The Kier molecular flexibility index (Phi) is 6.30. The van der Waals surface area contributed by atoms with Crippen LogP contribution >= 0.6 is 0 Å². The van der Waals surface area contributed by atoms with E-state index in [-0.39, 0.29) is 30.0 Å². The third-order valence-electron chi connectivity index (χ3n) is 5.46. The molecule has 2 aromatic carbocycles. The Morgan fingerprint density at radius 2 is 1.72 bits per heavy atom. The highest BCUT2D eigenvalue weighted by atomic mass is 16.2. The van der Waals surface area contributed by atoms with Crippen LogP contribution in [0.3, 0.4) is 0 Å². The first-order valence-corrected chi connectivity index (χ1v) is 10.5. The van der Waals surface area contributed by atoms with Crippen molar-refractivity contribution in [3.05, 3.63) is 83.7 Å². The minimum atomic E-state index is -0.339. The zero-order valence-corrected chi connectivity index (χ0v) is 17.9. The molecule has 32 heavy (non-hydrogen) atoms. The normalized spacial score (nSPS) is 13.3. The van der Waals surface area contributed by atoms with Gasteiger partial charge in [-0.25, -0.2) is 0 Å². The molecule has 164 valence electrons. The molecule has 8 heteroatoms. The summed E-state index contributed by atoms with van der Waals surface area (Å²) in [5, 5.41) is 7.16. The van der Waals surface area contributed by atoms with E-state index in [1.54, 1.807) is 11.7 Å². The number of hydrogen-bond acceptors (Lipinski definition) is 4. The Bertz CT molecular complexity index is 1110. The fourth-order valence-corrected chi connectivity index (χ4v) is 3.63. The van der Waals surface area contributed by atoms with Crippen molar-refractivity contribution in [2.75, 3.05) is 25.0 Å². The van der Waals surface area contributed by atoms with Crippen molar-refractivity contribution >= 4 is 23.4 Å². The number of carbonyl (C=O) groups is 3. The van der Waals surface area contributed by atoms with Crippen molar-refractivity contribution in [1.82, 2.24) is 20.0 Å².